The van der Waals surface area contributed by atoms with Gasteiger partial charge in [-0.3, -0.25) is 0 Å². The number of likely N-dealkylation sites (N-methyl/N-ethyl adjacent to an activating group) is 1. The van der Waals surface area contributed by atoms with Crippen LogP contribution in [0.5, 0.6) is 0 Å². The number of hydrogen-bond acceptors (Lipinski definition) is 3. The standard InChI is InChI=1S/C15H23FN2O/c1-2-18(14-6-3-5-13(16)11-14)15(12-17)7-4-9-19-10-8-15/h3,5-6,11H,2,4,7-10,12,17H2,1H3. The van der Waals surface area contributed by atoms with Gasteiger partial charge < -0.3 is 15.4 Å². The molecule has 4 heteroatoms. The van der Waals surface area contributed by atoms with Gasteiger partial charge in [0.1, 0.15) is 5.82 Å². The lowest BCUT2D eigenvalue weighted by Gasteiger charge is -2.44. The minimum absolute atomic E-state index is 0.112. The number of nitrogens with zero attached hydrogens (tertiary/aromatic N) is 1. The van der Waals surface area contributed by atoms with E-state index in [0.29, 0.717) is 6.54 Å². The molecule has 0 saturated carbocycles. The zero-order valence-corrected chi connectivity index (χ0v) is 11.6. The van der Waals surface area contributed by atoms with Crippen molar-refractivity contribution in [2.75, 3.05) is 31.2 Å². The summed E-state index contributed by atoms with van der Waals surface area (Å²) in [5.41, 5.74) is 6.87. The van der Waals surface area contributed by atoms with Gasteiger partial charge in [-0.05, 0) is 44.4 Å². The lowest BCUT2D eigenvalue weighted by atomic mass is 9.88. The molecular formula is C15H23FN2O. The molecule has 0 bridgehead atoms. The Kier molecular flexibility index (Phi) is 4.77. The quantitative estimate of drug-likeness (QED) is 0.910. The van der Waals surface area contributed by atoms with Crippen LogP contribution in [-0.4, -0.2) is 31.8 Å². The maximum Gasteiger partial charge on any atom is 0.125 e. The van der Waals surface area contributed by atoms with E-state index in [-0.39, 0.29) is 11.4 Å². The van der Waals surface area contributed by atoms with Crippen LogP contribution in [0.2, 0.25) is 0 Å². The van der Waals surface area contributed by atoms with Crippen molar-refractivity contribution in [1.29, 1.82) is 0 Å². The maximum atomic E-state index is 13.5. The first-order valence-electron chi connectivity index (χ1n) is 7.03. The minimum Gasteiger partial charge on any atom is -0.381 e. The first kappa shape index (κ1) is 14.3. The van der Waals surface area contributed by atoms with Crippen molar-refractivity contribution in [3.05, 3.63) is 30.1 Å². The summed E-state index contributed by atoms with van der Waals surface area (Å²) in [6, 6.07) is 6.77. The second-order valence-electron chi connectivity index (χ2n) is 5.12. The molecule has 106 valence electrons. The fourth-order valence-corrected chi connectivity index (χ4v) is 3.01. The van der Waals surface area contributed by atoms with Crippen LogP contribution in [0.3, 0.4) is 0 Å². The van der Waals surface area contributed by atoms with E-state index >= 15 is 0 Å². The van der Waals surface area contributed by atoms with Crippen LogP contribution in [0, 0.1) is 5.82 Å². The molecule has 1 saturated heterocycles. The predicted molar refractivity (Wildman–Crippen MR) is 75.9 cm³/mol. The summed E-state index contributed by atoms with van der Waals surface area (Å²) >= 11 is 0. The van der Waals surface area contributed by atoms with Crippen LogP contribution >= 0.6 is 0 Å². The van der Waals surface area contributed by atoms with E-state index in [1.807, 2.05) is 6.07 Å². The Morgan fingerprint density at radius 3 is 2.89 bits per heavy atom. The van der Waals surface area contributed by atoms with E-state index in [9.17, 15) is 4.39 Å². The van der Waals surface area contributed by atoms with Crippen LogP contribution in [0.25, 0.3) is 0 Å². The molecular weight excluding hydrogens is 243 g/mol. The SMILES string of the molecule is CCN(c1cccc(F)c1)C1(CN)CCCOCC1. The summed E-state index contributed by atoms with van der Waals surface area (Å²) < 4.78 is 19.0. The average molecular weight is 266 g/mol. The molecule has 2 rings (SSSR count). The highest BCUT2D eigenvalue weighted by Gasteiger charge is 2.35. The number of hydrogen-bond donors (Lipinski definition) is 1. The highest BCUT2D eigenvalue weighted by molar-refractivity contribution is 5.49. The lowest BCUT2D eigenvalue weighted by molar-refractivity contribution is 0.139. The Hall–Kier alpha value is -1.13. The zero-order chi connectivity index (χ0) is 13.7. The summed E-state index contributed by atoms with van der Waals surface area (Å²) in [5, 5.41) is 0. The van der Waals surface area contributed by atoms with Gasteiger partial charge in [-0.15, -0.1) is 0 Å². The number of ether oxygens (including phenoxy) is 1. The normalized spacial score (nSPS) is 23.9. The molecule has 19 heavy (non-hydrogen) atoms. The third kappa shape index (κ3) is 3.07. The second kappa shape index (κ2) is 6.35. The van der Waals surface area contributed by atoms with Crippen LogP contribution in [-0.2, 0) is 4.74 Å². The van der Waals surface area contributed by atoms with E-state index in [2.05, 4.69) is 11.8 Å². The smallest absolute Gasteiger partial charge is 0.125 e. The van der Waals surface area contributed by atoms with Crippen molar-refractivity contribution in [1.82, 2.24) is 0 Å². The Morgan fingerprint density at radius 1 is 1.37 bits per heavy atom. The Labute approximate surface area is 114 Å². The summed E-state index contributed by atoms with van der Waals surface area (Å²) in [7, 11) is 0. The Morgan fingerprint density at radius 2 is 2.21 bits per heavy atom. The molecule has 1 aliphatic rings. The third-order valence-corrected chi connectivity index (χ3v) is 4.03. The maximum absolute atomic E-state index is 13.5. The molecule has 1 unspecified atom stereocenters. The first-order valence-corrected chi connectivity index (χ1v) is 7.03. The molecule has 1 fully saturated rings. The van der Waals surface area contributed by atoms with Crippen LogP contribution in [0.4, 0.5) is 10.1 Å². The highest BCUT2D eigenvalue weighted by Crippen LogP contribution is 2.32. The van der Waals surface area contributed by atoms with E-state index in [1.165, 1.54) is 6.07 Å². The summed E-state index contributed by atoms with van der Waals surface area (Å²) in [4.78, 5) is 2.24. The van der Waals surface area contributed by atoms with Gasteiger partial charge in [0.15, 0.2) is 0 Å². The van der Waals surface area contributed by atoms with Crippen molar-refractivity contribution in [2.45, 2.75) is 31.7 Å². The zero-order valence-electron chi connectivity index (χ0n) is 11.6. The number of benzene rings is 1. The lowest BCUT2D eigenvalue weighted by Crippen LogP contribution is -2.54. The van der Waals surface area contributed by atoms with Crippen LogP contribution in [0.15, 0.2) is 24.3 Å². The van der Waals surface area contributed by atoms with Crippen molar-refractivity contribution in [3.63, 3.8) is 0 Å². The van der Waals surface area contributed by atoms with Crippen molar-refractivity contribution >= 4 is 5.69 Å². The number of anilines is 1. The number of nitrogens with two attached hydrogens (primary N) is 1. The molecule has 0 aromatic heterocycles. The monoisotopic (exact) mass is 266 g/mol. The van der Waals surface area contributed by atoms with E-state index in [0.717, 1.165) is 44.7 Å². The van der Waals surface area contributed by atoms with Gasteiger partial charge in [-0.1, -0.05) is 6.07 Å². The van der Waals surface area contributed by atoms with E-state index < -0.39 is 0 Å². The van der Waals surface area contributed by atoms with E-state index in [4.69, 9.17) is 10.5 Å². The summed E-state index contributed by atoms with van der Waals surface area (Å²) in [6.07, 6.45) is 2.89. The van der Waals surface area contributed by atoms with Gasteiger partial charge in [0.2, 0.25) is 0 Å². The Bertz CT molecular complexity index is 403. The topological polar surface area (TPSA) is 38.5 Å². The minimum atomic E-state index is -0.201. The molecule has 0 aliphatic carbocycles. The van der Waals surface area contributed by atoms with Crippen molar-refractivity contribution in [3.8, 4) is 0 Å². The van der Waals surface area contributed by atoms with Gasteiger partial charge in [-0.2, -0.15) is 0 Å². The Balaban J connectivity index is 2.32. The summed E-state index contributed by atoms with van der Waals surface area (Å²) in [5.74, 6) is -0.201. The molecule has 1 aromatic rings. The number of rotatable bonds is 4. The highest BCUT2D eigenvalue weighted by atomic mass is 19.1. The fraction of sp³-hybridized carbons (Fsp3) is 0.600. The second-order valence-corrected chi connectivity index (χ2v) is 5.12. The van der Waals surface area contributed by atoms with Gasteiger partial charge in [0.25, 0.3) is 0 Å². The van der Waals surface area contributed by atoms with Crippen molar-refractivity contribution < 1.29 is 9.13 Å². The molecule has 0 spiro atoms. The molecule has 0 amide bonds. The van der Waals surface area contributed by atoms with Crippen molar-refractivity contribution in [2.24, 2.45) is 5.73 Å². The largest absolute Gasteiger partial charge is 0.381 e. The molecule has 3 nitrogen and oxygen atoms in total. The van der Waals surface area contributed by atoms with Gasteiger partial charge in [-0.25, -0.2) is 4.39 Å². The van der Waals surface area contributed by atoms with Crippen LogP contribution < -0.4 is 10.6 Å². The number of halogens is 1. The predicted octanol–water partition coefficient (Wildman–Crippen LogP) is 2.55. The molecule has 1 atom stereocenters. The fourth-order valence-electron chi connectivity index (χ4n) is 3.01. The summed E-state index contributed by atoms with van der Waals surface area (Å²) in [6.45, 7) is 5.00. The third-order valence-electron chi connectivity index (χ3n) is 4.03. The molecule has 1 aromatic carbocycles. The van der Waals surface area contributed by atoms with Gasteiger partial charge in [0.05, 0.1) is 5.54 Å². The van der Waals surface area contributed by atoms with Crippen LogP contribution in [0.1, 0.15) is 26.2 Å². The molecule has 1 aliphatic heterocycles. The van der Waals surface area contributed by atoms with E-state index in [1.54, 1.807) is 12.1 Å². The molecule has 2 N–H and O–H groups in total. The average Bonchev–Trinajstić information content (AvgIpc) is 2.66. The molecule has 0 radical (unpaired) electrons. The van der Waals surface area contributed by atoms with Gasteiger partial charge >= 0.3 is 0 Å². The molecule has 1 heterocycles. The van der Waals surface area contributed by atoms with Gasteiger partial charge in [0, 0.05) is 32.0 Å². The first-order chi connectivity index (χ1) is 9.22.